The topological polar surface area (TPSA) is 142 Å². The summed E-state index contributed by atoms with van der Waals surface area (Å²) < 4.78 is 63.8. The molecule has 0 aromatic heterocycles. The molecular weight excluding hydrogens is 435 g/mol. The number of amides is 2. The van der Waals surface area contributed by atoms with E-state index in [0.717, 1.165) is 0 Å². The lowest BCUT2D eigenvalue weighted by molar-refractivity contribution is -0.156. The maximum Gasteiger partial charge on any atom is 0.534 e. The number of fused-ring (bicyclic) bond motifs is 1. The fourth-order valence-corrected chi connectivity index (χ4v) is 3.46. The Hall–Kier alpha value is -3.29. The Kier molecular flexibility index (Phi) is 5.36. The van der Waals surface area contributed by atoms with Gasteiger partial charge in [0.05, 0.1) is 12.5 Å². The molecule has 10 nitrogen and oxygen atoms in total. The third kappa shape index (κ3) is 3.90. The largest absolute Gasteiger partial charge is 0.534 e. The third-order valence-electron chi connectivity index (χ3n) is 4.35. The van der Waals surface area contributed by atoms with Crippen molar-refractivity contribution in [2.45, 2.75) is 24.0 Å². The molecular formula is C16H14F3N3O7S. The Morgan fingerprint density at radius 2 is 1.90 bits per heavy atom. The highest BCUT2D eigenvalue weighted by atomic mass is 32.2. The highest BCUT2D eigenvalue weighted by Crippen LogP contribution is 2.33. The molecule has 0 saturated carbocycles. The number of carboxylic acid groups (broad SMARTS) is 1. The maximum absolute atomic E-state index is 12.5. The maximum atomic E-state index is 12.5. The smallest absolute Gasteiger partial charge is 0.476 e. The number of carbonyl (C=O) groups is 3. The lowest BCUT2D eigenvalue weighted by Crippen LogP contribution is -2.75. The molecule has 1 saturated heterocycles. The van der Waals surface area contributed by atoms with Gasteiger partial charge in [0.15, 0.2) is 5.70 Å². The van der Waals surface area contributed by atoms with Crippen LogP contribution < -0.4 is 10.6 Å². The fourth-order valence-electron chi connectivity index (χ4n) is 3.01. The average Bonchev–Trinajstić information content (AvgIpc) is 2.65. The third-order valence-corrected chi connectivity index (χ3v) is 5.30. The van der Waals surface area contributed by atoms with Crippen molar-refractivity contribution in [1.29, 1.82) is 0 Å². The Morgan fingerprint density at radius 1 is 1.27 bits per heavy atom. The molecule has 0 unspecified atom stereocenters. The molecule has 30 heavy (non-hydrogen) atoms. The van der Waals surface area contributed by atoms with Gasteiger partial charge >= 0.3 is 21.6 Å². The van der Waals surface area contributed by atoms with Crippen molar-refractivity contribution in [3.05, 3.63) is 47.5 Å². The summed E-state index contributed by atoms with van der Waals surface area (Å²) in [6.45, 7) is -0.346. The number of rotatable bonds is 6. The van der Waals surface area contributed by atoms with Gasteiger partial charge in [0, 0.05) is 6.54 Å². The van der Waals surface area contributed by atoms with E-state index in [9.17, 15) is 41.1 Å². The minimum absolute atomic E-state index is 0.0510. The molecule has 0 radical (unpaired) electrons. The van der Waals surface area contributed by atoms with Gasteiger partial charge in [-0.3, -0.25) is 14.5 Å². The Bertz CT molecular complexity index is 1020. The van der Waals surface area contributed by atoms with Crippen LogP contribution in [-0.4, -0.2) is 60.3 Å². The molecule has 2 amide bonds. The monoisotopic (exact) mass is 449 g/mol. The molecule has 0 bridgehead atoms. The average molecular weight is 449 g/mol. The van der Waals surface area contributed by atoms with E-state index in [-0.39, 0.29) is 13.0 Å². The number of aliphatic carboxylic acids is 1. The van der Waals surface area contributed by atoms with Crippen LogP contribution in [0.5, 0.6) is 0 Å². The summed E-state index contributed by atoms with van der Waals surface area (Å²) in [6, 6.07) is 6.46. The van der Waals surface area contributed by atoms with Crippen LogP contribution in [0.1, 0.15) is 5.56 Å². The second-order valence-corrected chi connectivity index (χ2v) is 7.87. The van der Waals surface area contributed by atoms with Gasteiger partial charge in [-0.2, -0.15) is 21.6 Å². The zero-order chi connectivity index (χ0) is 22.3. The van der Waals surface area contributed by atoms with E-state index in [1.165, 1.54) is 0 Å². The molecule has 162 valence electrons. The minimum atomic E-state index is -6.16. The van der Waals surface area contributed by atoms with E-state index in [1.54, 1.807) is 30.3 Å². The molecule has 14 heteroatoms. The molecule has 1 fully saturated rings. The van der Waals surface area contributed by atoms with Crippen LogP contribution in [0.2, 0.25) is 0 Å². The molecule has 3 rings (SSSR count). The van der Waals surface area contributed by atoms with E-state index in [0.29, 0.717) is 10.5 Å². The van der Waals surface area contributed by atoms with Gasteiger partial charge in [-0.05, 0) is 5.56 Å². The quantitative estimate of drug-likeness (QED) is 0.304. The number of hydrogen-bond donors (Lipinski definition) is 3. The van der Waals surface area contributed by atoms with Gasteiger partial charge in [0.2, 0.25) is 11.8 Å². The Morgan fingerprint density at radius 3 is 2.47 bits per heavy atom. The SMILES string of the molecule is O=C(Cc1ccccc1)N[C@H]1C(=O)N2C(C(=O)O)=C(OS(=O)(=O)C(F)(F)F)NC[C@@H]12. The van der Waals surface area contributed by atoms with Gasteiger partial charge in [0.25, 0.3) is 5.91 Å². The molecule has 0 aliphatic carbocycles. The van der Waals surface area contributed by atoms with Crippen molar-refractivity contribution >= 4 is 27.9 Å². The van der Waals surface area contributed by atoms with Crippen molar-refractivity contribution in [3.63, 3.8) is 0 Å². The first kappa shape index (κ1) is 21.4. The molecule has 0 spiro atoms. The molecule has 3 N–H and O–H groups in total. The normalized spacial score (nSPS) is 21.3. The molecule has 2 heterocycles. The number of benzene rings is 1. The van der Waals surface area contributed by atoms with Crippen LogP contribution >= 0.6 is 0 Å². The van der Waals surface area contributed by atoms with Crippen molar-refractivity contribution in [1.82, 2.24) is 15.5 Å². The number of nitrogens with zero attached hydrogens (tertiary/aromatic N) is 1. The van der Waals surface area contributed by atoms with Crippen LogP contribution in [0, 0.1) is 0 Å². The van der Waals surface area contributed by atoms with Gasteiger partial charge in [0.1, 0.15) is 6.04 Å². The zero-order valence-corrected chi connectivity index (χ0v) is 15.7. The molecule has 2 atom stereocenters. The van der Waals surface area contributed by atoms with E-state index in [4.69, 9.17) is 0 Å². The van der Waals surface area contributed by atoms with Crippen LogP contribution in [0.3, 0.4) is 0 Å². The summed E-state index contributed by atoms with van der Waals surface area (Å²) in [5.74, 6) is -4.58. The van der Waals surface area contributed by atoms with E-state index in [2.05, 4.69) is 14.8 Å². The Labute approximate surface area is 167 Å². The number of β-lactam (4-membered cyclic amide) rings is 1. The Balaban J connectivity index is 1.76. The van der Waals surface area contributed by atoms with Crippen LogP contribution in [0.25, 0.3) is 0 Å². The second kappa shape index (κ2) is 7.51. The van der Waals surface area contributed by atoms with E-state index in [1.807, 2.05) is 0 Å². The number of carbonyl (C=O) groups excluding carboxylic acids is 2. The van der Waals surface area contributed by atoms with Crippen molar-refractivity contribution in [2.75, 3.05) is 6.54 Å². The number of hydrogen-bond acceptors (Lipinski definition) is 7. The standard InChI is InChI=1S/C16H14F3N3O7S/c17-16(18,19)30(27,28)29-13-12(15(25)26)22-9(7-20-13)11(14(22)24)21-10(23)6-8-4-2-1-3-5-8/h1-5,9,11,20H,6-7H2,(H,21,23)(H,25,26)/t9-,11+/m0/s1. The molecule has 2 aliphatic rings. The highest BCUT2D eigenvalue weighted by Gasteiger charge is 2.56. The first-order chi connectivity index (χ1) is 13.9. The molecule has 1 aromatic carbocycles. The summed E-state index contributed by atoms with van der Waals surface area (Å²) in [5.41, 5.74) is -6.23. The molecule has 2 aliphatic heterocycles. The second-order valence-electron chi connectivity index (χ2n) is 6.33. The van der Waals surface area contributed by atoms with Gasteiger partial charge in [-0.1, -0.05) is 30.3 Å². The number of halogens is 3. The summed E-state index contributed by atoms with van der Waals surface area (Å²) in [5, 5.41) is 13.8. The highest BCUT2D eigenvalue weighted by molar-refractivity contribution is 7.87. The summed E-state index contributed by atoms with van der Waals surface area (Å²) in [7, 11) is -6.16. The van der Waals surface area contributed by atoms with Crippen molar-refractivity contribution in [3.8, 4) is 0 Å². The van der Waals surface area contributed by atoms with E-state index < -0.39 is 57.1 Å². The first-order valence-electron chi connectivity index (χ1n) is 8.31. The van der Waals surface area contributed by atoms with Crippen LogP contribution in [-0.2, 0) is 35.1 Å². The lowest BCUT2D eigenvalue weighted by atomic mass is 9.91. The summed E-state index contributed by atoms with van der Waals surface area (Å²) in [6.07, 6.45) is -0.0510. The van der Waals surface area contributed by atoms with Crippen LogP contribution in [0.15, 0.2) is 41.9 Å². The number of alkyl halides is 3. The first-order valence-corrected chi connectivity index (χ1v) is 9.72. The predicted octanol–water partition coefficient (Wildman–Crippen LogP) is -0.352. The van der Waals surface area contributed by atoms with Crippen molar-refractivity contribution < 1.29 is 45.3 Å². The fraction of sp³-hybridized carbons (Fsp3) is 0.312. The van der Waals surface area contributed by atoms with E-state index >= 15 is 0 Å². The zero-order valence-electron chi connectivity index (χ0n) is 14.8. The van der Waals surface area contributed by atoms with Crippen molar-refractivity contribution in [2.24, 2.45) is 0 Å². The summed E-state index contributed by atoms with van der Waals surface area (Å²) >= 11 is 0. The lowest BCUT2D eigenvalue weighted by Gasteiger charge is -2.49. The minimum Gasteiger partial charge on any atom is -0.476 e. The van der Waals surface area contributed by atoms with Gasteiger partial charge in [-0.15, -0.1) is 0 Å². The number of nitrogens with one attached hydrogen (secondary N) is 2. The van der Waals surface area contributed by atoms with Crippen LogP contribution in [0.4, 0.5) is 13.2 Å². The predicted molar refractivity (Wildman–Crippen MR) is 91.4 cm³/mol. The number of carboxylic acids is 1. The molecule has 1 aromatic rings. The van der Waals surface area contributed by atoms with Gasteiger partial charge in [-0.25, -0.2) is 4.79 Å². The summed E-state index contributed by atoms with van der Waals surface area (Å²) in [4.78, 5) is 36.6. The van der Waals surface area contributed by atoms with Gasteiger partial charge < -0.3 is 19.9 Å².